The molecule has 0 aliphatic rings. The van der Waals surface area contributed by atoms with Gasteiger partial charge < -0.3 is 4.74 Å². The number of hydrogen-bond donors (Lipinski definition) is 0. The Hall–Kier alpha value is -1.34. The van der Waals surface area contributed by atoms with Crippen molar-refractivity contribution in [1.82, 2.24) is 9.97 Å². The van der Waals surface area contributed by atoms with Crippen LogP contribution in [-0.2, 0) is 6.18 Å². The number of aryl methyl sites for hydroxylation is 2. The molecule has 2 rings (SSSR count). The van der Waals surface area contributed by atoms with Crippen molar-refractivity contribution >= 4 is 27.5 Å². The molecule has 0 saturated heterocycles. The predicted molar refractivity (Wildman–Crippen MR) is 75.7 cm³/mol. The van der Waals surface area contributed by atoms with E-state index in [0.717, 1.165) is 15.6 Å². The van der Waals surface area contributed by atoms with Gasteiger partial charge in [-0.2, -0.15) is 18.2 Å². The molecule has 0 radical (unpaired) electrons. The second-order valence-corrected chi connectivity index (χ2v) is 5.46. The summed E-state index contributed by atoms with van der Waals surface area (Å²) >= 11 is 8.90. The SMILES string of the molecule is Cc1cc(Oc2cc(C(F)(F)F)nc(Cl)n2)cc(C)c1Br. The molecule has 2 aromatic rings. The highest BCUT2D eigenvalue weighted by atomic mass is 79.9. The molecule has 0 atom stereocenters. The van der Waals surface area contributed by atoms with Crippen molar-refractivity contribution in [3.63, 3.8) is 0 Å². The molecular formula is C13H9BrClF3N2O. The molecule has 8 heteroatoms. The molecule has 21 heavy (non-hydrogen) atoms. The molecule has 112 valence electrons. The van der Waals surface area contributed by atoms with Crippen LogP contribution in [0.3, 0.4) is 0 Å². The third-order valence-corrected chi connectivity index (χ3v) is 4.02. The van der Waals surface area contributed by atoms with E-state index in [2.05, 4.69) is 25.9 Å². The Balaban J connectivity index is 2.38. The van der Waals surface area contributed by atoms with Gasteiger partial charge in [0.2, 0.25) is 11.2 Å². The molecule has 0 fully saturated rings. The van der Waals surface area contributed by atoms with Crippen molar-refractivity contribution in [3.8, 4) is 11.6 Å². The fourth-order valence-electron chi connectivity index (χ4n) is 1.68. The van der Waals surface area contributed by atoms with Gasteiger partial charge in [-0.25, -0.2) is 4.98 Å². The number of halogens is 5. The lowest BCUT2D eigenvalue weighted by Crippen LogP contribution is -2.09. The molecule has 3 nitrogen and oxygen atoms in total. The van der Waals surface area contributed by atoms with Gasteiger partial charge in [-0.05, 0) is 48.7 Å². The summed E-state index contributed by atoms with van der Waals surface area (Å²) in [6.07, 6.45) is -4.61. The van der Waals surface area contributed by atoms with Gasteiger partial charge in [-0.3, -0.25) is 0 Å². The molecule has 0 unspecified atom stereocenters. The second-order valence-electron chi connectivity index (χ2n) is 4.33. The fourth-order valence-corrected chi connectivity index (χ4v) is 2.08. The van der Waals surface area contributed by atoms with Crippen LogP contribution in [0.2, 0.25) is 5.28 Å². The molecule has 1 aromatic heterocycles. The van der Waals surface area contributed by atoms with Gasteiger partial charge in [0, 0.05) is 10.5 Å². The molecule has 1 aromatic carbocycles. The van der Waals surface area contributed by atoms with E-state index in [4.69, 9.17) is 16.3 Å². The minimum absolute atomic E-state index is 0.261. The first-order valence-electron chi connectivity index (χ1n) is 5.73. The first-order valence-corrected chi connectivity index (χ1v) is 6.90. The van der Waals surface area contributed by atoms with Crippen LogP contribution in [0.25, 0.3) is 0 Å². The van der Waals surface area contributed by atoms with Crippen molar-refractivity contribution < 1.29 is 17.9 Å². The molecule has 0 aliphatic heterocycles. The van der Waals surface area contributed by atoms with Crippen LogP contribution in [0.15, 0.2) is 22.7 Å². The van der Waals surface area contributed by atoms with Gasteiger partial charge in [0.05, 0.1) is 0 Å². The van der Waals surface area contributed by atoms with Gasteiger partial charge in [0.25, 0.3) is 0 Å². The highest BCUT2D eigenvalue weighted by Crippen LogP contribution is 2.33. The van der Waals surface area contributed by atoms with E-state index in [1.807, 2.05) is 13.8 Å². The zero-order valence-electron chi connectivity index (χ0n) is 10.9. The van der Waals surface area contributed by atoms with Crippen LogP contribution in [0.4, 0.5) is 13.2 Å². The summed E-state index contributed by atoms with van der Waals surface area (Å²) in [5.74, 6) is 0.111. The van der Waals surface area contributed by atoms with E-state index < -0.39 is 17.2 Å². The third kappa shape index (κ3) is 3.85. The van der Waals surface area contributed by atoms with Crippen molar-refractivity contribution in [2.75, 3.05) is 0 Å². The molecule has 0 spiro atoms. The van der Waals surface area contributed by atoms with Crippen LogP contribution >= 0.6 is 27.5 Å². The maximum absolute atomic E-state index is 12.7. The molecule has 0 amide bonds. The van der Waals surface area contributed by atoms with Crippen LogP contribution in [0, 0.1) is 13.8 Å². The highest BCUT2D eigenvalue weighted by Gasteiger charge is 2.34. The Morgan fingerprint density at radius 1 is 1.10 bits per heavy atom. The smallest absolute Gasteiger partial charge is 0.433 e. The van der Waals surface area contributed by atoms with Crippen molar-refractivity contribution in [2.45, 2.75) is 20.0 Å². The van der Waals surface area contributed by atoms with E-state index in [0.29, 0.717) is 11.8 Å². The molecule has 0 aliphatic carbocycles. The maximum atomic E-state index is 12.7. The van der Waals surface area contributed by atoms with E-state index in [9.17, 15) is 13.2 Å². The summed E-state index contributed by atoms with van der Waals surface area (Å²) in [6.45, 7) is 3.69. The van der Waals surface area contributed by atoms with E-state index in [1.54, 1.807) is 12.1 Å². The maximum Gasteiger partial charge on any atom is 0.433 e. The van der Waals surface area contributed by atoms with Crippen molar-refractivity contribution in [3.05, 3.63) is 44.8 Å². The Kier molecular flexibility index (Phi) is 4.43. The molecular weight excluding hydrogens is 373 g/mol. The summed E-state index contributed by atoms with van der Waals surface area (Å²) < 4.78 is 44.2. The highest BCUT2D eigenvalue weighted by molar-refractivity contribution is 9.10. The first-order chi connectivity index (χ1) is 9.66. The fraction of sp³-hybridized carbons (Fsp3) is 0.231. The number of alkyl halides is 3. The van der Waals surface area contributed by atoms with Gasteiger partial charge in [0.15, 0.2) is 5.69 Å². The first kappa shape index (κ1) is 16.0. The Morgan fingerprint density at radius 2 is 1.67 bits per heavy atom. The molecule has 0 saturated carbocycles. The zero-order chi connectivity index (χ0) is 15.8. The number of hydrogen-bond acceptors (Lipinski definition) is 3. The van der Waals surface area contributed by atoms with E-state index in [-0.39, 0.29) is 5.88 Å². The molecule has 0 bridgehead atoms. The Morgan fingerprint density at radius 3 is 2.19 bits per heavy atom. The summed E-state index contributed by atoms with van der Waals surface area (Å²) in [5, 5.41) is -0.523. The van der Waals surface area contributed by atoms with Crippen LogP contribution in [-0.4, -0.2) is 9.97 Å². The summed E-state index contributed by atoms with van der Waals surface area (Å²) in [6, 6.07) is 4.07. The number of nitrogens with zero attached hydrogens (tertiary/aromatic N) is 2. The van der Waals surface area contributed by atoms with Crippen LogP contribution in [0.5, 0.6) is 11.6 Å². The van der Waals surface area contributed by atoms with Crippen LogP contribution < -0.4 is 4.74 Å². The lowest BCUT2D eigenvalue weighted by Gasteiger charge is -2.11. The Bertz CT molecular complexity index is 669. The van der Waals surface area contributed by atoms with Gasteiger partial charge >= 0.3 is 6.18 Å². The average molecular weight is 382 g/mol. The van der Waals surface area contributed by atoms with E-state index >= 15 is 0 Å². The van der Waals surface area contributed by atoms with Gasteiger partial charge in [-0.1, -0.05) is 15.9 Å². The van der Waals surface area contributed by atoms with E-state index in [1.165, 1.54) is 0 Å². The summed E-state index contributed by atoms with van der Waals surface area (Å²) in [5.41, 5.74) is 0.630. The monoisotopic (exact) mass is 380 g/mol. The Labute approximate surface area is 132 Å². The summed E-state index contributed by atoms with van der Waals surface area (Å²) in [7, 11) is 0. The minimum atomic E-state index is -4.61. The molecule has 0 N–H and O–H groups in total. The topological polar surface area (TPSA) is 35.0 Å². The average Bonchev–Trinajstić information content (AvgIpc) is 2.34. The van der Waals surface area contributed by atoms with Crippen molar-refractivity contribution in [2.24, 2.45) is 0 Å². The quantitative estimate of drug-likeness (QED) is 0.660. The van der Waals surface area contributed by atoms with Crippen LogP contribution in [0.1, 0.15) is 16.8 Å². The third-order valence-electron chi connectivity index (χ3n) is 2.60. The number of rotatable bonds is 2. The molecule has 1 heterocycles. The predicted octanol–water partition coefficient (Wildman–Crippen LogP) is 5.32. The normalized spacial score (nSPS) is 11.6. The number of benzene rings is 1. The lowest BCUT2D eigenvalue weighted by molar-refractivity contribution is -0.141. The number of aromatic nitrogens is 2. The van der Waals surface area contributed by atoms with Crippen molar-refractivity contribution in [1.29, 1.82) is 0 Å². The number of ether oxygens (including phenoxy) is 1. The second kappa shape index (κ2) is 5.81. The summed E-state index contributed by atoms with van der Waals surface area (Å²) in [4.78, 5) is 6.78. The van der Waals surface area contributed by atoms with Gasteiger partial charge in [0.1, 0.15) is 5.75 Å². The lowest BCUT2D eigenvalue weighted by atomic mass is 10.1. The van der Waals surface area contributed by atoms with Gasteiger partial charge in [-0.15, -0.1) is 0 Å². The largest absolute Gasteiger partial charge is 0.439 e. The zero-order valence-corrected chi connectivity index (χ0v) is 13.3. The minimum Gasteiger partial charge on any atom is -0.439 e. The standard InChI is InChI=1S/C13H9BrClF3N2O/c1-6-3-8(4-7(2)11(6)14)21-10-5-9(13(16,17)18)19-12(15)20-10/h3-5H,1-2H3.